The molecule has 1 amide bonds. The lowest BCUT2D eigenvalue weighted by molar-refractivity contribution is -0.123. The summed E-state index contributed by atoms with van der Waals surface area (Å²) in [6.45, 7) is 8.42. The molecule has 2 heterocycles. The third-order valence-corrected chi connectivity index (χ3v) is 5.92. The van der Waals surface area contributed by atoms with Gasteiger partial charge < -0.3 is 9.88 Å². The molecule has 0 bridgehead atoms. The highest BCUT2D eigenvalue weighted by Crippen LogP contribution is 2.27. The molecule has 1 N–H and O–H groups in total. The Morgan fingerprint density at radius 3 is 2.50 bits per heavy atom. The van der Waals surface area contributed by atoms with Crippen LogP contribution in [0, 0.1) is 5.41 Å². The summed E-state index contributed by atoms with van der Waals surface area (Å²) >= 11 is 1.47. The first-order chi connectivity index (χ1) is 13.3. The van der Waals surface area contributed by atoms with E-state index in [-0.39, 0.29) is 16.9 Å². The van der Waals surface area contributed by atoms with Crippen LogP contribution in [0.2, 0.25) is 0 Å². The first-order valence-electron chi connectivity index (χ1n) is 9.80. The first-order valence-corrected chi connectivity index (χ1v) is 10.7. The lowest BCUT2D eigenvalue weighted by atomic mass is 9.95. The molecule has 2 aromatic rings. The Balaban J connectivity index is 1.65. The maximum Gasteiger partial charge on any atom is 0.229 e. The third-order valence-electron chi connectivity index (χ3n) is 4.84. The van der Waals surface area contributed by atoms with Crippen LogP contribution < -0.4 is 5.32 Å². The fourth-order valence-corrected chi connectivity index (χ4v) is 4.00. The molecular weight excluding hydrogens is 372 g/mol. The highest BCUT2D eigenvalue weighted by atomic mass is 32.2. The van der Waals surface area contributed by atoms with Gasteiger partial charge in [-0.25, -0.2) is 0 Å². The highest BCUT2D eigenvalue weighted by molar-refractivity contribution is 8.00. The van der Waals surface area contributed by atoms with Crippen molar-refractivity contribution >= 4 is 29.1 Å². The van der Waals surface area contributed by atoms with Gasteiger partial charge in [0.05, 0.1) is 5.25 Å². The molecule has 0 saturated heterocycles. The monoisotopic (exact) mass is 400 g/mol. The molecule has 28 heavy (non-hydrogen) atoms. The van der Waals surface area contributed by atoms with Gasteiger partial charge in [-0.2, -0.15) is 0 Å². The summed E-state index contributed by atoms with van der Waals surface area (Å²) in [6, 6.07) is 7.08. The van der Waals surface area contributed by atoms with E-state index < -0.39 is 5.41 Å². The Labute approximate surface area is 170 Å². The summed E-state index contributed by atoms with van der Waals surface area (Å²) in [5.41, 5.74) is 0.861. The predicted molar refractivity (Wildman–Crippen MR) is 112 cm³/mol. The average Bonchev–Trinajstić information content (AvgIpc) is 2.87. The quantitative estimate of drug-likeness (QED) is 0.596. The number of benzene rings is 1. The predicted octanol–water partition coefficient (Wildman–Crippen LogP) is 4.35. The minimum Gasteiger partial charge on any atom is -0.326 e. The highest BCUT2D eigenvalue weighted by Gasteiger charge is 2.23. The number of nitrogens with one attached hydrogen (secondary N) is 1. The van der Waals surface area contributed by atoms with E-state index in [1.807, 2.05) is 27.7 Å². The van der Waals surface area contributed by atoms with Crippen LogP contribution in [-0.4, -0.2) is 31.7 Å². The van der Waals surface area contributed by atoms with Gasteiger partial charge in [0.25, 0.3) is 0 Å². The van der Waals surface area contributed by atoms with E-state index in [1.165, 1.54) is 18.2 Å². The van der Waals surface area contributed by atoms with Gasteiger partial charge in [0.1, 0.15) is 5.82 Å². The second kappa shape index (κ2) is 8.47. The molecule has 1 aliphatic heterocycles. The van der Waals surface area contributed by atoms with E-state index >= 15 is 0 Å². The van der Waals surface area contributed by atoms with E-state index in [2.05, 4.69) is 20.1 Å². The summed E-state index contributed by atoms with van der Waals surface area (Å²) in [5, 5.41) is 12.0. The fraction of sp³-hybridized carbons (Fsp3) is 0.524. The summed E-state index contributed by atoms with van der Waals surface area (Å²) < 4.78 is 2.16. The zero-order chi connectivity index (χ0) is 20.3. The molecule has 0 radical (unpaired) electrons. The molecule has 1 atom stereocenters. The number of Topliss-reactive ketones (excluding diaryl/α,β-unsaturated/α-hetero) is 1. The second-order valence-corrected chi connectivity index (χ2v) is 9.57. The average molecular weight is 401 g/mol. The molecular formula is C21H28N4O2S. The lowest BCUT2D eigenvalue weighted by Gasteiger charge is -2.18. The van der Waals surface area contributed by atoms with Crippen LogP contribution in [0.3, 0.4) is 0 Å². The number of hydrogen-bond donors (Lipinski definition) is 1. The van der Waals surface area contributed by atoms with Crippen molar-refractivity contribution in [2.24, 2.45) is 5.41 Å². The van der Waals surface area contributed by atoms with Gasteiger partial charge in [-0.15, -0.1) is 10.2 Å². The number of ketones is 1. The molecule has 0 saturated carbocycles. The molecule has 7 heteroatoms. The van der Waals surface area contributed by atoms with Crippen molar-refractivity contribution < 1.29 is 9.59 Å². The Hall–Kier alpha value is -2.15. The number of carbonyl (C=O) groups is 2. The van der Waals surface area contributed by atoms with Crippen molar-refractivity contribution in [2.45, 2.75) is 70.3 Å². The normalized spacial score (nSPS) is 15.4. The molecule has 1 aliphatic rings. The largest absolute Gasteiger partial charge is 0.326 e. The zero-order valence-electron chi connectivity index (χ0n) is 17.0. The number of aryl methyl sites for hydroxylation is 1. The molecule has 150 valence electrons. The van der Waals surface area contributed by atoms with Gasteiger partial charge in [0.15, 0.2) is 10.9 Å². The maximum atomic E-state index is 12.8. The third kappa shape index (κ3) is 4.82. The minimum absolute atomic E-state index is 0.0460. The van der Waals surface area contributed by atoms with Gasteiger partial charge in [0.2, 0.25) is 5.91 Å². The van der Waals surface area contributed by atoms with Gasteiger partial charge >= 0.3 is 0 Å². The summed E-state index contributed by atoms with van der Waals surface area (Å²) in [7, 11) is 0. The Morgan fingerprint density at radius 2 is 1.82 bits per heavy atom. The van der Waals surface area contributed by atoms with Crippen molar-refractivity contribution in [1.29, 1.82) is 0 Å². The lowest BCUT2D eigenvalue weighted by Crippen LogP contribution is -2.27. The fourth-order valence-electron chi connectivity index (χ4n) is 3.03. The van der Waals surface area contributed by atoms with Crippen LogP contribution >= 0.6 is 11.8 Å². The van der Waals surface area contributed by atoms with Crippen molar-refractivity contribution in [3.63, 3.8) is 0 Å². The Kier molecular flexibility index (Phi) is 6.23. The summed E-state index contributed by atoms with van der Waals surface area (Å²) in [5.74, 6) is 1.02. The molecule has 1 aromatic heterocycles. The molecule has 0 unspecified atom stereocenters. The van der Waals surface area contributed by atoms with E-state index in [9.17, 15) is 9.59 Å². The van der Waals surface area contributed by atoms with Crippen LogP contribution in [0.25, 0.3) is 0 Å². The van der Waals surface area contributed by atoms with Crippen LogP contribution in [-0.2, 0) is 17.8 Å². The summed E-state index contributed by atoms with van der Waals surface area (Å²) in [6.07, 6.45) is 4.44. The van der Waals surface area contributed by atoms with Crippen molar-refractivity contribution in [3.05, 3.63) is 35.7 Å². The topological polar surface area (TPSA) is 76.9 Å². The van der Waals surface area contributed by atoms with Crippen molar-refractivity contribution in [1.82, 2.24) is 14.8 Å². The number of amides is 1. The molecule has 3 rings (SSSR count). The molecule has 1 aromatic carbocycles. The van der Waals surface area contributed by atoms with Crippen molar-refractivity contribution in [3.8, 4) is 0 Å². The number of fused-ring (bicyclic) bond motifs is 1. The van der Waals surface area contributed by atoms with E-state index in [1.54, 1.807) is 24.3 Å². The molecule has 0 aliphatic carbocycles. The molecule has 0 fully saturated rings. The molecule has 6 nitrogen and oxygen atoms in total. The number of nitrogens with zero attached hydrogens (tertiary/aromatic N) is 3. The standard InChI is InChI=1S/C21H28N4O2S/c1-14(28-20-24-23-17-8-6-5-7-13-25(17)20)18(26)15-9-11-16(12-10-15)22-19(27)21(2,3)4/h9-12,14H,5-8,13H2,1-4H3,(H,22,27)/t14-/m0/s1. The van der Waals surface area contributed by atoms with Gasteiger partial charge in [-0.1, -0.05) is 39.0 Å². The SMILES string of the molecule is C[C@H](Sc1nnc2n1CCCCC2)C(=O)c1ccc(NC(=O)C(C)(C)C)cc1. The van der Waals surface area contributed by atoms with Gasteiger partial charge in [-0.3, -0.25) is 9.59 Å². The van der Waals surface area contributed by atoms with Crippen LogP contribution in [0.4, 0.5) is 5.69 Å². The zero-order valence-corrected chi connectivity index (χ0v) is 17.8. The second-order valence-electron chi connectivity index (χ2n) is 8.27. The number of carbonyl (C=O) groups excluding carboxylic acids is 2. The number of rotatable bonds is 5. The number of anilines is 1. The smallest absolute Gasteiger partial charge is 0.229 e. The van der Waals surface area contributed by atoms with Crippen LogP contribution in [0.1, 0.15) is 63.1 Å². The van der Waals surface area contributed by atoms with E-state index in [0.717, 1.165) is 36.8 Å². The van der Waals surface area contributed by atoms with Gasteiger partial charge in [0, 0.05) is 29.6 Å². The van der Waals surface area contributed by atoms with E-state index in [4.69, 9.17) is 0 Å². The first kappa shape index (κ1) is 20.6. The van der Waals surface area contributed by atoms with Crippen molar-refractivity contribution in [2.75, 3.05) is 5.32 Å². The number of aromatic nitrogens is 3. The van der Waals surface area contributed by atoms with Gasteiger partial charge in [-0.05, 0) is 44.0 Å². The van der Waals surface area contributed by atoms with E-state index in [0.29, 0.717) is 11.3 Å². The minimum atomic E-state index is -0.462. The number of thioether (sulfide) groups is 1. The Morgan fingerprint density at radius 1 is 1.11 bits per heavy atom. The van der Waals surface area contributed by atoms with Crippen LogP contribution in [0.15, 0.2) is 29.4 Å². The Bertz CT molecular complexity index is 852. The maximum absolute atomic E-state index is 12.8. The summed E-state index contributed by atoms with van der Waals surface area (Å²) in [4.78, 5) is 24.9. The molecule has 0 spiro atoms. The van der Waals surface area contributed by atoms with Crippen LogP contribution in [0.5, 0.6) is 0 Å². The number of hydrogen-bond acceptors (Lipinski definition) is 5.